The van der Waals surface area contributed by atoms with Gasteiger partial charge in [0.05, 0.1) is 49.8 Å². The lowest BCUT2D eigenvalue weighted by atomic mass is 10.1. The zero-order valence-electron chi connectivity index (χ0n) is 22.7. The van der Waals surface area contributed by atoms with Gasteiger partial charge in [0.15, 0.2) is 11.5 Å². The fourth-order valence-electron chi connectivity index (χ4n) is 4.69. The summed E-state index contributed by atoms with van der Waals surface area (Å²) in [6.45, 7) is 3.05. The Morgan fingerprint density at radius 2 is 1.79 bits per heavy atom. The second kappa shape index (κ2) is 13.2. The van der Waals surface area contributed by atoms with Crippen LogP contribution >= 0.6 is 27.5 Å². The number of hydrogen-bond acceptors (Lipinski definition) is 5. The molecule has 0 radical (unpaired) electrons. The topological polar surface area (TPSA) is 65.3 Å². The lowest BCUT2D eigenvalue weighted by Crippen LogP contribution is -2.32. The Labute approximate surface area is 242 Å². The third kappa shape index (κ3) is 6.34. The molecule has 9 heteroatoms. The summed E-state index contributed by atoms with van der Waals surface area (Å²) in [5, 5.41) is 0.233. The Balaban J connectivity index is 1.76. The molecular formula is C30H33BrClN3O4. The van der Waals surface area contributed by atoms with Crippen molar-refractivity contribution in [2.45, 2.75) is 39.2 Å². The number of amides is 1. The zero-order chi connectivity index (χ0) is 27.9. The minimum Gasteiger partial charge on any atom is -0.496 e. The molecule has 0 aliphatic rings. The van der Waals surface area contributed by atoms with Crippen LogP contribution in [0.3, 0.4) is 0 Å². The van der Waals surface area contributed by atoms with Gasteiger partial charge in [-0.2, -0.15) is 0 Å². The van der Waals surface area contributed by atoms with Crippen molar-refractivity contribution in [2.75, 3.05) is 27.9 Å². The lowest BCUT2D eigenvalue weighted by Gasteiger charge is -2.24. The number of carbonyl (C=O) groups excluding carboxylic acids is 1. The molecule has 4 rings (SSSR count). The number of unbranched alkanes of at least 4 members (excludes halogenated alkanes) is 2. The summed E-state index contributed by atoms with van der Waals surface area (Å²) in [4.78, 5) is 20.7. The van der Waals surface area contributed by atoms with Crippen LogP contribution in [-0.4, -0.2) is 48.1 Å². The molecule has 0 spiro atoms. The number of fused-ring (bicyclic) bond motifs is 1. The van der Waals surface area contributed by atoms with E-state index in [0.29, 0.717) is 36.6 Å². The van der Waals surface area contributed by atoms with Crippen LogP contribution < -0.4 is 14.2 Å². The molecule has 0 bridgehead atoms. The average molecular weight is 615 g/mol. The summed E-state index contributed by atoms with van der Waals surface area (Å²) >= 11 is 10.2. The van der Waals surface area contributed by atoms with Crippen molar-refractivity contribution in [1.29, 1.82) is 0 Å². The lowest BCUT2D eigenvalue weighted by molar-refractivity contribution is 0.0737. The Hall–Kier alpha value is -3.23. The molecule has 7 nitrogen and oxygen atoms in total. The second-order valence-corrected chi connectivity index (χ2v) is 10.5. The first-order valence-corrected chi connectivity index (χ1v) is 14.1. The zero-order valence-corrected chi connectivity index (χ0v) is 25.0. The maximum Gasteiger partial charge on any atom is 0.255 e. The first-order valence-electron chi connectivity index (χ1n) is 12.9. The first-order chi connectivity index (χ1) is 18.9. The number of rotatable bonds is 12. The normalized spacial score (nSPS) is 11.0. The largest absolute Gasteiger partial charge is 0.496 e. The van der Waals surface area contributed by atoms with Crippen molar-refractivity contribution in [3.8, 4) is 17.2 Å². The summed E-state index contributed by atoms with van der Waals surface area (Å²) in [6.07, 6.45) is 5.50. The second-order valence-electron chi connectivity index (χ2n) is 9.16. The number of imidazole rings is 1. The van der Waals surface area contributed by atoms with Gasteiger partial charge in [-0.25, -0.2) is 4.98 Å². The van der Waals surface area contributed by atoms with E-state index in [1.54, 1.807) is 19.2 Å². The van der Waals surface area contributed by atoms with E-state index in [9.17, 15) is 4.79 Å². The van der Waals surface area contributed by atoms with Crippen molar-refractivity contribution < 1.29 is 19.0 Å². The molecule has 0 aliphatic carbocycles. The number of benzene rings is 2. The van der Waals surface area contributed by atoms with Crippen molar-refractivity contribution in [3.63, 3.8) is 0 Å². The Morgan fingerprint density at radius 1 is 1.03 bits per heavy atom. The molecule has 0 saturated carbocycles. The molecule has 0 unspecified atom stereocenters. The van der Waals surface area contributed by atoms with E-state index in [4.69, 9.17) is 30.8 Å². The van der Waals surface area contributed by atoms with Gasteiger partial charge in [0.2, 0.25) is 0 Å². The number of carbonyl (C=O) groups is 1. The van der Waals surface area contributed by atoms with Crippen LogP contribution in [0, 0.1) is 0 Å². The van der Waals surface area contributed by atoms with Gasteiger partial charge in [-0.15, -0.1) is 0 Å². The van der Waals surface area contributed by atoms with Crippen LogP contribution in [-0.2, 0) is 13.0 Å². The van der Waals surface area contributed by atoms with E-state index in [0.717, 1.165) is 52.1 Å². The molecule has 0 N–H and O–H groups in total. The quantitative estimate of drug-likeness (QED) is 0.158. The SMILES string of the molecule is CCCCCN(Cc1nc2ccccn2c1Cc1cc(Br)ccc1OC)C(=O)c1ccc(OC)c(OC)c1Cl. The highest BCUT2D eigenvalue weighted by Crippen LogP contribution is 2.38. The highest BCUT2D eigenvalue weighted by molar-refractivity contribution is 9.10. The minimum atomic E-state index is -0.180. The van der Waals surface area contributed by atoms with Crippen LogP contribution in [0.1, 0.15) is 53.5 Å². The molecule has 0 atom stereocenters. The van der Waals surface area contributed by atoms with Crippen LogP contribution in [0.25, 0.3) is 5.65 Å². The third-order valence-electron chi connectivity index (χ3n) is 6.69. The van der Waals surface area contributed by atoms with E-state index >= 15 is 0 Å². The molecule has 2 aromatic carbocycles. The standard InChI is InChI=1S/C30H33BrClN3O4/c1-5-6-8-15-34(30(36)22-12-14-26(38-3)29(39-4)28(22)32)19-23-24(35-16-9-7-10-27(35)33-23)18-20-17-21(31)11-13-25(20)37-2/h7,9-14,16-17H,5-6,8,15,18-19H2,1-4H3. The molecule has 0 saturated heterocycles. The van der Waals surface area contributed by atoms with Gasteiger partial charge in [-0.1, -0.05) is 53.4 Å². The van der Waals surface area contributed by atoms with E-state index in [1.807, 2.05) is 41.4 Å². The number of methoxy groups -OCH3 is 3. The van der Waals surface area contributed by atoms with E-state index in [2.05, 4.69) is 33.3 Å². The van der Waals surface area contributed by atoms with Crippen LogP contribution in [0.15, 0.2) is 59.2 Å². The smallest absolute Gasteiger partial charge is 0.255 e. The highest BCUT2D eigenvalue weighted by atomic mass is 79.9. The molecule has 1 amide bonds. The number of hydrogen-bond donors (Lipinski definition) is 0. The number of nitrogens with zero attached hydrogens (tertiary/aromatic N) is 3. The van der Waals surface area contributed by atoms with Gasteiger partial charge in [-0.3, -0.25) is 4.79 Å². The van der Waals surface area contributed by atoms with Gasteiger partial charge < -0.3 is 23.5 Å². The predicted octanol–water partition coefficient (Wildman–Crippen LogP) is 7.20. The Morgan fingerprint density at radius 3 is 2.51 bits per heavy atom. The Bertz CT molecular complexity index is 1460. The average Bonchev–Trinajstić information content (AvgIpc) is 3.28. The van der Waals surface area contributed by atoms with Crippen molar-refractivity contribution in [2.24, 2.45) is 0 Å². The predicted molar refractivity (Wildman–Crippen MR) is 158 cm³/mol. The van der Waals surface area contributed by atoms with E-state index < -0.39 is 0 Å². The molecule has 39 heavy (non-hydrogen) atoms. The summed E-state index contributed by atoms with van der Waals surface area (Å²) in [5.41, 5.74) is 4.02. The van der Waals surface area contributed by atoms with Gasteiger partial charge in [0.1, 0.15) is 11.4 Å². The summed E-state index contributed by atoms with van der Waals surface area (Å²) in [7, 11) is 4.72. The Kier molecular flexibility index (Phi) is 9.75. The van der Waals surface area contributed by atoms with Crippen LogP contribution in [0.5, 0.6) is 17.2 Å². The number of aromatic nitrogens is 2. The van der Waals surface area contributed by atoms with Gasteiger partial charge >= 0.3 is 0 Å². The van der Waals surface area contributed by atoms with Gasteiger partial charge in [0.25, 0.3) is 5.91 Å². The number of ether oxygens (including phenoxy) is 3. The van der Waals surface area contributed by atoms with Crippen LogP contribution in [0.2, 0.25) is 5.02 Å². The fraction of sp³-hybridized carbons (Fsp3) is 0.333. The minimum absolute atomic E-state index is 0.180. The van der Waals surface area contributed by atoms with Gasteiger partial charge in [0, 0.05) is 29.2 Å². The monoisotopic (exact) mass is 613 g/mol. The molecule has 0 aliphatic heterocycles. The maximum absolute atomic E-state index is 13.9. The third-order valence-corrected chi connectivity index (χ3v) is 7.56. The van der Waals surface area contributed by atoms with E-state index in [-0.39, 0.29) is 10.9 Å². The summed E-state index contributed by atoms with van der Waals surface area (Å²) in [6, 6.07) is 15.3. The number of halogens is 2. The van der Waals surface area contributed by atoms with Crippen molar-refractivity contribution in [3.05, 3.63) is 86.7 Å². The molecule has 0 fully saturated rings. The van der Waals surface area contributed by atoms with Crippen molar-refractivity contribution in [1.82, 2.24) is 14.3 Å². The highest BCUT2D eigenvalue weighted by Gasteiger charge is 2.25. The van der Waals surface area contributed by atoms with Crippen molar-refractivity contribution >= 4 is 39.1 Å². The molecule has 2 aromatic heterocycles. The first kappa shape index (κ1) is 28.8. The van der Waals surface area contributed by atoms with Crippen LogP contribution in [0.4, 0.5) is 0 Å². The van der Waals surface area contributed by atoms with Gasteiger partial charge in [-0.05, 0) is 48.9 Å². The fourth-order valence-corrected chi connectivity index (χ4v) is 5.41. The summed E-state index contributed by atoms with van der Waals surface area (Å²) in [5.74, 6) is 1.43. The molecule has 2 heterocycles. The summed E-state index contributed by atoms with van der Waals surface area (Å²) < 4.78 is 19.5. The maximum atomic E-state index is 13.9. The molecular weight excluding hydrogens is 582 g/mol. The number of pyridine rings is 1. The molecule has 206 valence electrons. The molecule has 4 aromatic rings. The van der Waals surface area contributed by atoms with E-state index in [1.165, 1.54) is 14.2 Å².